The summed E-state index contributed by atoms with van der Waals surface area (Å²) in [6.45, 7) is 8.62. The van der Waals surface area contributed by atoms with Crippen LogP contribution in [0.3, 0.4) is 0 Å². The minimum Gasteiger partial charge on any atom is -0.455 e. The number of hydrogen-bond acceptors (Lipinski definition) is 7. The number of nitrogens with zero attached hydrogens (tertiary/aromatic N) is 1. The Hall–Kier alpha value is -3.40. The molecular formula is C22H26N4O5S. The van der Waals surface area contributed by atoms with Crippen molar-refractivity contribution in [1.82, 2.24) is 10.3 Å². The van der Waals surface area contributed by atoms with Crippen molar-refractivity contribution in [1.29, 1.82) is 0 Å². The number of nitrogens with one attached hydrogen (secondary N) is 2. The molecule has 0 bridgehead atoms. The maximum atomic E-state index is 12.0. The molecule has 1 aromatic heterocycles. The quantitative estimate of drug-likeness (QED) is 0.428. The number of urea groups is 1. The molecule has 0 radical (unpaired) electrons. The highest BCUT2D eigenvalue weighted by atomic mass is 32.2. The Labute approximate surface area is 190 Å². The molecule has 0 unspecified atom stereocenters. The molecule has 4 amide bonds. The number of rotatable bonds is 7. The van der Waals surface area contributed by atoms with Crippen LogP contribution in [0.15, 0.2) is 23.2 Å². The van der Waals surface area contributed by atoms with E-state index in [9.17, 15) is 19.2 Å². The molecule has 32 heavy (non-hydrogen) atoms. The standard InChI is InChI=1S/C22H26N4O5S/c1-11-6-7-16(8-12(11)2)25-22(30)26-17(27)9-31-18(28)10-32-21-19(20(23)29)14(4)13(3)15(5)24-21/h6-8H,9-10H2,1-5H3,(H2,23,29)(H2,25,26,27,30). The average Bonchev–Trinajstić information content (AvgIpc) is 2.71. The van der Waals surface area contributed by atoms with Crippen molar-refractivity contribution in [2.75, 3.05) is 17.7 Å². The second-order valence-electron chi connectivity index (χ2n) is 7.24. The van der Waals surface area contributed by atoms with Gasteiger partial charge in [0.2, 0.25) is 0 Å². The first-order valence-corrected chi connectivity index (χ1v) is 10.7. The molecule has 0 saturated heterocycles. The van der Waals surface area contributed by atoms with Crippen LogP contribution in [0, 0.1) is 34.6 Å². The molecule has 9 nitrogen and oxygen atoms in total. The van der Waals surface area contributed by atoms with Crippen molar-refractivity contribution in [2.24, 2.45) is 5.73 Å². The number of primary amides is 1. The second-order valence-corrected chi connectivity index (χ2v) is 8.21. The van der Waals surface area contributed by atoms with E-state index in [4.69, 9.17) is 10.5 Å². The number of carbonyl (C=O) groups excluding carboxylic acids is 4. The third-order valence-corrected chi connectivity index (χ3v) is 5.87. The van der Waals surface area contributed by atoms with E-state index in [1.165, 1.54) is 0 Å². The molecule has 0 saturated carbocycles. The Balaban J connectivity index is 1.85. The fourth-order valence-electron chi connectivity index (χ4n) is 2.77. The predicted molar refractivity (Wildman–Crippen MR) is 122 cm³/mol. The van der Waals surface area contributed by atoms with E-state index in [0.717, 1.165) is 34.1 Å². The molecule has 2 rings (SSSR count). The largest absolute Gasteiger partial charge is 0.455 e. The van der Waals surface area contributed by atoms with Crippen molar-refractivity contribution >= 4 is 41.3 Å². The number of hydrogen-bond donors (Lipinski definition) is 3. The summed E-state index contributed by atoms with van der Waals surface area (Å²) >= 11 is 0.993. The van der Waals surface area contributed by atoms with Gasteiger partial charge in [-0.15, -0.1) is 0 Å². The molecule has 0 fully saturated rings. The first-order valence-electron chi connectivity index (χ1n) is 9.73. The van der Waals surface area contributed by atoms with Crippen LogP contribution >= 0.6 is 11.8 Å². The van der Waals surface area contributed by atoms with Gasteiger partial charge in [-0.1, -0.05) is 17.8 Å². The van der Waals surface area contributed by atoms with Crippen molar-refractivity contribution < 1.29 is 23.9 Å². The lowest BCUT2D eigenvalue weighted by molar-refractivity contribution is -0.145. The molecule has 0 aliphatic heterocycles. The molecule has 170 valence electrons. The lowest BCUT2D eigenvalue weighted by atomic mass is 10.0. The fraction of sp³-hybridized carbons (Fsp3) is 0.318. The Kier molecular flexibility index (Phi) is 8.36. The summed E-state index contributed by atoms with van der Waals surface area (Å²) in [5.74, 6) is -2.30. The average molecular weight is 459 g/mol. The molecule has 10 heteroatoms. The fourth-order valence-corrected chi connectivity index (χ4v) is 3.70. The number of amides is 4. The summed E-state index contributed by atoms with van der Waals surface area (Å²) in [6.07, 6.45) is 0. The minimum atomic E-state index is -0.775. The highest BCUT2D eigenvalue weighted by molar-refractivity contribution is 8.00. The van der Waals surface area contributed by atoms with Gasteiger partial charge in [-0.25, -0.2) is 9.78 Å². The number of ether oxygens (including phenoxy) is 1. The van der Waals surface area contributed by atoms with Gasteiger partial charge >= 0.3 is 12.0 Å². The molecule has 0 aliphatic rings. The lowest BCUT2D eigenvalue weighted by Crippen LogP contribution is -2.37. The normalized spacial score (nSPS) is 10.4. The van der Waals surface area contributed by atoms with Gasteiger partial charge in [0, 0.05) is 11.4 Å². The number of pyridine rings is 1. The van der Waals surface area contributed by atoms with Gasteiger partial charge < -0.3 is 15.8 Å². The third-order valence-electron chi connectivity index (χ3n) is 4.92. The number of aromatic nitrogens is 1. The molecule has 4 N–H and O–H groups in total. The summed E-state index contributed by atoms with van der Waals surface area (Å²) in [5, 5.41) is 4.96. The number of benzene rings is 1. The highest BCUT2D eigenvalue weighted by Crippen LogP contribution is 2.26. The van der Waals surface area contributed by atoms with Gasteiger partial charge in [-0.05, 0) is 69.0 Å². The summed E-state index contributed by atoms with van der Waals surface area (Å²) in [4.78, 5) is 52.0. The highest BCUT2D eigenvalue weighted by Gasteiger charge is 2.19. The molecule has 0 spiro atoms. The number of imide groups is 1. The van der Waals surface area contributed by atoms with E-state index in [0.29, 0.717) is 16.3 Å². The predicted octanol–water partition coefficient (Wildman–Crippen LogP) is 2.71. The van der Waals surface area contributed by atoms with Gasteiger partial charge in [0.05, 0.1) is 11.3 Å². The molecular weight excluding hydrogens is 432 g/mol. The van der Waals surface area contributed by atoms with E-state index in [2.05, 4.69) is 15.6 Å². The van der Waals surface area contributed by atoms with Crippen LogP contribution in [0.4, 0.5) is 10.5 Å². The van der Waals surface area contributed by atoms with Gasteiger partial charge in [0.1, 0.15) is 5.03 Å². The van der Waals surface area contributed by atoms with Gasteiger partial charge in [-0.2, -0.15) is 0 Å². The van der Waals surface area contributed by atoms with Gasteiger partial charge in [-0.3, -0.25) is 19.7 Å². The number of esters is 1. The first kappa shape index (κ1) is 24.9. The van der Waals surface area contributed by atoms with Crippen molar-refractivity contribution in [3.63, 3.8) is 0 Å². The number of nitrogens with two attached hydrogens (primary N) is 1. The Morgan fingerprint density at radius 2 is 1.72 bits per heavy atom. The zero-order valence-corrected chi connectivity index (χ0v) is 19.4. The van der Waals surface area contributed by atoms with E-state index in [1.54, 1.807) is 26.0 Å². The number of carbonyl (C=O) groups is 4. The summed E-state index contributed by atoms with van der Waals surface area (Å²) in [7, 11) is 0. The van der Waals surface area contributed by atoms with E-state index < -0.39 is 30.4 Å². The molecule has 1 aromatic carbocycles. The minimum absolute atomic E-state index is 0.183. The Bertz CT molecular complexity index is 1080. The number of thioether (sulfide) groups is 1. The molecule has 2 aromatic rings. The van der Waals surface area contributed by atoms with E-state index in [-0.39, 0.29) is 11.3 Å². The molecule has 0 atom stereocenters. The van der Waals surface area contributed by atoms with Crippen molar-refractivity contribution in [3.8, 4) is 0 Å². The van der Waals surface area contributed by atoms with Crippen LogP contribution in [0.5, 0.6) is 0 Å². The van der Waals surface area contributed by atoms with Gasteiger partial charge in [0.25, 0.3) is 11.8 Å². The summed E-state index contributed by atoms with van der Waals surface area (Å²) in [5.41, 5.74) is 10.6. The van der Waals surface area contributed by atoms with Crippen LogP contribution in [0.2, 0.25) is 0 Å². The molecule has 0 aliphatic carbocycles. The zero-order chi connectivity index (χ0) is 24.0. The van der Waals surface area contributed by atoms with Crippen molar-refractivity contribution in [2.45, 2.75) is 39.6 Å². The Morgan fingerprint density at radius 1 is 1.03 bits per heavy atom. The van der Waals surface area contributed by atoms with E-state index >= 15 is 0 Å². The van der Waals surface area contributed by atoms with Gasteiger partial charge in [0.15, 0.2) is 6.61 Å². The Morgan fingerprint density at radius 3 is 2.34 bits per heavy atom. The first-order chi connectivity index (χ1) is 15.0. The van der Waals surface area contributed by atoms with Crippen molar-refractivity contribution in [3.05, 3.63) is 51.7 Å². The maximum absolute atomic E-state index is 12.0. The maximum Gasteiger partial charge on any atom is 0.325 e. The lowest BCUT2D eigenvalue weighted by Gasteiger charge is -2.13. The number of aryl methyl sites for hydroxylation is 3. The second kappa shape index (κ2) is 10.8. The topological polar surface area (TPSA) is 140 Å². The van der Waals surface area contributed by atoms with Crippen LogP contribution in [0.25, 0.3) is 0 Å². The van der Waals surface area contributed by atoms with Crippen LogP contribution < -0.4 is 16.4 Å². The summed E-state index contributed by atoms with van der Waals surface area (Å²) in [6, 6.07) is 4.61. The van der Waals surface area contributed by atoms with Crippen LogP contribution in [0.1, 0.15) is 38.3 Å². The molecule has 1 heterocycles. The van der Waals surface area contributed by atoms with E-state index in [1.807, 2.05) is 26.8 Å². The number of anilines is 1. The third kappa shape index (κ3) is 6.55. The summed E-state index contributed by atoms with van der Waals surface area (Å²) < 4.78 is 4.90. The zero-order valence-electron chi connectivity index (χ0n) is 18.6. The monoisotopic (exact) mass is 458 g/mol. The van der Waals surface area contributed by atoms with Crippen LogP contribution in [-0.2, 0) is 14.3 Å². The smallest absolute Gasteiger partial charge is 0.325 e. The van der Waals surface area contributed by atoms with Crippen LogP contribution in [-0.4, -0.2) is 41.2 Å². The SMILES string of the molecule is Cc1ccc(NC(=O)NC(=O)COC(=O)CSc2nc(C)c(C)c(C)c2C(N)=O)cc1C.